The number of aromatic nitrogens is 3. The summed E-state index contributed by atoms with van der Waals surface area (Å²) in [6, 6.07) is 7.93. The molecule has 3 aromatic rings. The molecule has 1 aliphatic carbocycles. The summed E-state index contributed by atoms with van der Waals surface area (Å²) in [5.41, 5.74) is 0.775. The molecule has 0 atom stereocenters. The van der Waals surface area contributed by atoms with Gasteiger partial charge in [0.1, 0.15) is 10.8 Å². The van der Waals surface area contributed by atoms with E-state index in [2.05, 4.69) is 20.0 Å². The van der Waals surface area contributed by atoms with E-state index in [-0.39, 0.29) is 22.2 Å². The van der Waals surface area contributed by atoms with Gasteiger partial charge in [0, 0.05) is 55.5 Å². The second-order valence-electron chi connectivity index (χ2n) is 7.84. The number of rotatable bonds is 5. The Kier molecular flexibility index (Phi) is 5.22. The first-order chi connectivity index (χ1) is 15.5. The minimum absolute atomic E-state index is 0.00970. The van der Waals surface area contributed by atoms with Crippen LogP contribution >= 0.6 is 11.6 Å². The van der Waals surface area contributed by atoms with Crippen molar-refractivity contribution in [2.45, 2.75) is 18.8 Å². The number of hydrogen-bond donors (Lipinski definition) is 0. The number of halogens is 1. The van der Waals surface area contributed by atoms with Crippen LogP contribution < -0.4 is 4.90 Å². The van der Waals surface area contributed by atoms with Gasteiger partial charge in [-0.05, 0) is 37.1 Å². The highest BCUT2D eigenvalue weighted by atomic mass is 35.5. The molecule has 5 rings (SSSR count). The van der Waals surface area contributed by atoms with E-state index in [0.717, 1.165) is 24.2 Å². The van der Waals surface area contributed by atoms with Gasteiger partial charge in [-0.3, -0.25) is 14.9 Å². The molecule has 164 valence electrons. The molecule has 0 radical (unpaired) electrons. The molecular formula is C21H19ClN6O4. The van der Waals surface area contributed by atoms with Gasteiger partial charge in [-0.25, -0.2) is 4.98 Å². The van der Waals surface area contributed by atoms with Crippen LogP contribution in [0.5, 0.6) is 0 Å². The van der Waals surface area contributed by atoms with E-state index in [1.165, 1.54) is 18.2 Å². The van der Waals surface area contributed by atoms with Gasteiger partial charge in [0.25, 0.3) is 11.6 Å². The molecule has 10 nitrogen and oxygen atoms in total. The van der Waals surface area contributed by atoms with Crippen molar-refractivity contribution >= 4 is 29.0 Å². The van der Waals surface area contributed by atoms with E-state index < -0.39 is 4.92 Å². The third-order valence-electron chi connectivity index (χ3n) is 5.66. The number of amides is 1. The zero-order valence-electron chi connectivity index (χ0n) is 17.0. The molecule has 2 fully saturated rings. The fraction of sp³-hybridized carbons (Fsp3) is 0.333. The van der Waals surface area contributed by atoms with E-state index in [1.807, 2.05) is 12.1 Å². The molecule has 11 heteroatoms. The van der Waals surface area contributed by atoms with Crippen molar-refractivity contribution in [1.82, 2.24) is 20.0 Å². The molecule has 2 aromatic heterocycles. The number of hydrogen-bond acceptors (Lipinski definition) is 8. The molecule has 0 N–H and O–H groups in total. The maximum absolute atomic E-state index is 12.8. The van der Waals surface area contributed by atoms with Crippen LogP contribution in [0, 0.1) is 10.1 Å². The quantitative estimate of drug-likeness (QED) is 0.424. The van der Waals surface area contributed by atoms with E-state index in [0.29, 0.717) is 43.8 Å². The summed E-state index contributed by atoms with van der Waals surface area (Å²) in [6.45, 7) is 2.16. The molecule has 1 aliphatic heterocycles. The van der Waals surface area contributed by atoms with E-state index >= 15 is 0 Å². The number of anilines is 1. The highest BCUT2D eigenvalue weighted by Crippen LogP contribution is 2.39. The Bertz CT molecular complexity index is 1170. The normalized spacial score (nSPS) is 16.3. The number of carbonyl (C=O) groups is 1. The summed E-state index contributed by atoms with van der Waals surface area (Å²) < 4.78 is 5.31. The predicted octanol–water partition coefficient (Wildman–Crippen LogP) is 3.53. The smallest absolute Gasteiger partial charge is 0.288 e. The number of piperazine rings is 1. The van der Waals surface area contributed by atoms with Crippen LogP contribution in [0.4, 0.5) is 11.5 Å². The zero-order chi connectivity index (χ0) is 22.2. The van der Waals surface area contributed by atoms with Crippen LogP contribution in [-0.2, 0) is 0 Å². The molecule has 1 amide bonds. The topological polar surface area (TPSA) is 118 Å². The monoisotopic (exact) mass is 454 g/mol. The average molecular weight is 455 g/mol. The van der Waals surface area contributed by atoms with E-state index in [1.54, 1.807) is 11.1 Å². The molecule has 0 unspecified atom stereocenters. The van der Waals surface area contributed by atoms with Gasteiger partial charge in [-0.2, -0.15) is 4.98 Å². The second kappa shape index (κ2) is 8.19. The molecule has 0 bridgehead atoms. The molecule has 1 saturated carbocycles. The van der Waals surface area contributed by atoms with Gasteiger partial charge in [-0.1, -0.05) is 16.8 Å². The Balaban J connectivity index is 1.22. The molecular weight excluding hydrogens is 436 g/mol. The number of benzene rings is 1. The van der Waals surface area contributed by atoms with Crippen molar-refractivity contribution < 1.29 is 14.2 Å². The SMILES string of the molecule is O=C(c1ccc(Cl)c([N+](=O)[O-])c1)N1CCN(c2ccc(-c3noc(C4CC4)n3)cn2)CC1. The summed E-state index contributed by atoms with van der Waals surface area (Å²) >= 11 is 5.84. The van der Waals surface area contributed by atoms with E-state index in [4.69, 9.17) is 16.1 Å². The highest BCUT2D eigenvalue weighted by Gasteiger charge is 2.30. The average Bonchev–Trinajstić information content (AvgIpc) is 3.55. The Hall–Kier alpha value is -3.53. The lowest BCUT2D eigenvalue weighted by atomic mass is 10.1. The standard InChI is InChI=1S/C21H19ClN6O4/c22-16-5-3-14(11-17(16)28(30)31)21(29)27-9-7-26(8-10-27)18-6-4-15(12-23-18)19-24-20(32-25-19)13-1-2-13/h3-6,11-13H,1-2,7-10H2. The summed E-state index contributed by atoms with van der Waals surface area (Å²) in [5, 5.41) is 15.1. The number of carbonyl (C=O) groups excluding carboxylic acids is 1. The number of nitrogens with zero attached hydrogens (tertiary/aromatic N) is 6. The van der Waals surface area contributed by atoms with Crippen LogP contribution in [0.15, 0.2) is 41.1 Å². The van der Waals surface area contributed by atoms with Crippen LogP contribution in [-0.4, -0.2) is 57.0 Å². The van der Waals surface area contributed by atoms with Gasteiger partial charge in [-0.15, -0.1) is 0 Å². The molecule has 3 heterocycles. The summed E-state index contributed by atoms with van der Waals surface area (Å²) in [7, 11) is 0. The van der Waals surface area contributed by atoms with Crippen molar-refractivity contribution in [2.24, 2.45) is 0 Å². The molecule has 1 aromatic carbocycles. The Morgan fingerprint density at radius 1 is 1.16 bits per heavy atom. The first kappa shape index (κ1) is 20.4. The summed E-state index contributed by atoms with van der Waals surface area (Å²) in [4.78, 5) is 36.0. The van der Waals surface area contributed by atoms with Gasteiger partial charge >= 0.3 is 0 Å². The Labute approximate surface area is 187 Å². The Morgan fingerprint density at radius 3 is 2.59 bits per heavy atom. The lowest BCUT2D eigenvalue weighted by Crippen LogP contribution is -2.49. The minimum atomic E-state index is -0.590. The van der Waals surface area contributed by atoms with Crippen LogP contribution in [0.2, 0.25) is 5.02 Å². The third-order valence-corrected chi connectivity index (χ3v) is 5.97. The van der Waals surface area contributed by atoms with Crippen molar-refractivity contribution in [2.75, 3.05) is 31.1 Å². The zero-order valence-corrected chi connectivity index (χ0v) is 17.7. The molecule has 2 aliphatic rings. The lowest BCUT2D eigenvalue weighted by molar-refractivity contribution is -0.384. The molecule has 0 spiro atoms. The van der Waals surface area contributed by atoms with Gasteiger partial charge < -0.3 is 14.3 Å². The fourth-order valence-corrected chi connectivity index (χ4v) is 3.85. The highest BCUT2D eigenvalue weighted by molar-refractivity contribution is 6.32. The number of nitro benzene ring substituents is 1. The van der Waals surface area contributed by atoms with E-state index in [9.17, 15) is 14.9 Å². The second-order valence-corrected chi connectivity index (χ2v) is 8.25. The van der Waals surface area contributed by atoms with Crippen molar-refractivity contribution in [3.8, 4) is 11.4 Å². The maximum Gasteiger partial charge on any atom is 0.288 e. The van der Waals surface area contributed by atoms with Crippen LogP contribution in [0.25, 0.3) is 11.4 Å². The fourth-order valence-electron chi connectivity index (χ4n) is 3.66. The first-order valence-corrected chi connectivity index (χ1v) is 10.7. The van der Waals surface area contributed by atoms with Crippen molar-refractivity contribution in [3.63, 3.8) is 0 Å². The molecule has 1 saturated heterocycles. The maximum atomic E-state index is 12.8. The lowest BCUT2D eigenvalue weighted by Gasteiger charge is -2.35. The third kappa shape index (κ3) is 4.01. The van der Waals surface area contributed by atoms with Crippen molar-refractivity contribution in [1.29, 1.82) is 0 Å². The minimum Gasteiger partial charge on any atom is -0.353 e. The van der Waals surface area contributed by atoms with Crippen molar-refractivity contribution in [3.05, 3.63) is 63.1 Å². The summed E-state index contributed by atoms with van der Waals surface area (Å²) in [5.74, 6) is 2.18. The van der Waals surface area contributed by atoms with Gasteiger partial charge in [0.15, 0.2) is 0 Å². The predicted molar refractivity (Wildman–Crippen MR) is 116 cm³/mol. The van der Waals surface area contributed by atoms with Crippen LogP contribution in [0.3, 0.4) is 0 Å². The first-order valence-electron chi connectivity index (χ1n) is 10.3. The summed E-state index contributed by atoms with van der Waals surface area (Å²) in [6.07, 6.45) is 3.92. The van der Waals surface area contributed by atoms with Gasteiger partial charge in [0.2, 0.25) is 11.7 Å². The Morgan fingerprint density at radius 2 is 1.94 bits per heavy atom. The van der Waals surface area contributed by atoms with Gasteiger partial charge in [0.05, 0.1) is 4.92 Å². The molecule has 32 heavy (non-hydrogen) atoms. The number of nitro groups is 1. The van der Waals surface area contributed by atoms with Crippen LogP contribution in [0.1, 0.15) is 35.0 Å². The largest absolute Gasteiger partial charge is 0.353 e. The number of pyridine rings is 1.